The Hall–Kier alpha value is -2.96. The molecule has 0 bridgehead atoms. The molecule has 112 valence electrons. The molecule has 7 heteroatoms. The van der Waals surface area contributed by atoms with Gasteiger partial charge in [0.25, 0.3) is 0 Å². The van der Waals surface area contributed by atoms with E-state index in [4.69, 9.17) is 5.11 Å². The lowest BCUT2D eigenvalue weighted by Gasteiger charge is -2.28. The predicted molar refractivity (Wildman–Crippen MR) is 78.6 cm³/mol. The molecule has 7 nitrogen and oxygen atoms in total. The Balaban J connectivity index is 2.14. The number of carbonyl (C=O) groups excluding carboxylic acids is 1. The molecule has 22 heavy (non-hydrogen) atoms. The maximum atomic E-state index is 12.0. The van der Waals surface area contributed by atoms with Crippen LogP contribution >= 0.6 is 0 Å². The van der Waals surface area contributed by atoms with Crippen molar-refractivity contribution < 1.29 is 14.7 Å². The Morgan fingerprint density at radius 1 is 1.27 bits per heavy atom. The fourth-order valence-corrected chi connectivity index (χ4v) is 2.66. The molecule has 0 radical (unpaired) electrons. The van der Waals surface area contributed by atoms with Crippen LogP contribution < -0.4 is 5.32 Å². The molecule has 1 aliphatic rings. The van der Waals surface area contributed by atoms with E-state index in [1.54, 1.807) is 16.8 Å². The Kier molecular flexibility index (Phi) is 3.25. The molecule has 0 unspecified atom stereocenters. The molecule has 0 fully saturated rings. The van der Waals surface area contributed by atoms with Gasteiger partial charge in [0.05, 0.1) is 5.56 Å². The monoisotopic (exact) mass is 298 g/mol. The fourth-order valence-electron chi connectivity index (χ4n) is 2.66. The summed E-state index contributed by atoms with van der Waals surface area (Å²) in [6.45, 7) is 3.31. The van der Waals surface area contributed by atoms with Crippen LogP contribution in [-0.2, 0) is 4.79 Å². The lowest BCUT2D eigenvalue weighted by molar-refractivity contribution is -0.114. The Bertz CT molecular complexity index is 789. The van der Waals surface area contributed by atoms with E-state index >= 15 is 0 Å². The van der Waals surface area contributed by atoms with Crippen molar-refractivity contribution in [3.05, 3.63) is 53.0 Å². The van der Waals surface area contributed by atoms with Crippen molar-refractivity contribution in [2.45, 2.75) is 19.9 Å². The van der Waals surface area contributed by atoms with Crippen LogP contribution in [-0.4, -0.2) is 31.6 Å². The van der Waals surface area contributed by atoms with Crippen molar-refractivity contribution in [3.63, 3.8) is 0 Å². The molecule has 2 N–H and O–H groups in total. The first-order chi connectivity index (χ1) is 10.5. The second-order valence-electron chi connectivity index (χ2n) is 5.08. The van der Waals surface area contributed by atoms with Gasteiger partial charge in [-0.2, -0.15) is 10.1 Å². The molecule has 2 heterocycles. The van der Waals surface area contributed by atoms with Gasteiger partial charge < -0.3 is 10.4 Å². The molecule has 1 aliphatic heterocycles. The number of carboxylic acids is 1. The minimum atomic E-state index is -0.989. The average molecular weight is 298 g/mol. The number of allylic oxidation sites excluding steroid dienone is 2. The number of carbonyl (C=O) groups is 2. The van der Waals surface area contributed by atoms with Gasteiger partial charge in [0.15, 0.2) is 5.78 Å². The van der Waals surface area contributed by atoms with Crippen LogP contribution in [0.5, 0.6) is 0 Å². The number of aromatic carboxylic acids is 1. The summed E-state index contributed by atoms with van der Waals surface area (Å²) in [6, 6.07) is 6.01. The number of hydrogen-bond donors (Lipinski definition) is 2. The molecule has 0 saturated carbocycles. The minimum Gasteiger partial charge on any atom is -0.478 e. The molecule has 3 rings (SSSR count). The number of carboxylic acid groups (broad SMARTS) is 1. The van der Waals surface area contributed by atoms with Crippen LogP contribution in [0.1, 0.15) is 35.8 Å². The molecule has 2 aromatic rings. The first-order valence-corrected chi connectivity index (χ1v) is 6.70. The second-order valence-corrected chi connectivity index (χ2v) is 5.08. The van der Waals surface area contributed by atoms with Gasteiger partial charge in [0, 0.05) is 11.3 Å². The van der Waals surface area contributed by atoms with E-state index in [9.17, 15) is 9.59 Å². The molecule has 1 aromatic heterocycles. The maximum Gasteiger partial charge on any atom is 0.335 e. The molecule has 1 aromatic carbocycles. The van der Waals surface area contributed by atoms with Crippen molar-refractivity contribution >= 4 is 17.7 Å². The van der Waals surface area contributed by atoms with Crippen LogP contribution in [0.4, 0.5) is 5.95 Å². The minimum absolute atomic E-state index is 0.0709. The van der Waals surface area contributed by atoms with Gasteiger partial charge in [0.2, 0.25) is 5.95 Å². The topological polar surface area (TPSA) is 97.1 Å². The van der Waals surface area contributed by atoms with Gasteiger partial charge in [-0.15, -0.1) is 0 Å². The number of aromatic nitrogens is 3. The molecule has 0 spiro atoms. The van der Waals surface area contributed by atoms with Gasteiger partial charge in [0.1, 0.15) is 12.4 Å². The molecule has 1 atom stereocenters. The number of nitrogens with one attached hydrogen (secondary N) is 1. The highest BCUT2D eigenvalue weighted by atomic mass is 16.4. The zero-order valence-electron chi connectivity index (χ0n) is 12.1. The van der Waals surface area contributed by atoms with E-state index in [0.717, 1.165) is 11.3 Å². The second kappa shape index (κ2) is 5.10. The summed E-state index contributed by atoms with van der Waals surface area (Å²) in [5.41, 5.74) is 2.28. The molecular weight excluding hydrogens is 284 g/mol. The quantitative estimate of drug-likeness (QED) is 0.897. The fraction of sp³-hybridized carbons (Fsp3) is 0.200. The standard InChI is InChI=1S/C15H14N4O3/c1-8-12(9(2)20)13(19-15(18-8)16-7-17-19)10-3-5-11(6-4-10)14(21)22/h3-7,13H,1-2H3,(H,21,22)(H,16,17,18)/t13-/m1/s1. The van der Waals surface area contributed by atoms with Gasteiger partial charge >= 0.3 is 5.97 Å². The normalized spacial score (nSPS) is 16.9. The lowest BCUT2D eigenvalue weighted by Crippen LogP contribution is -2.27. The van der Waals surface area contributed by atoms with Crippen LogP contribution in [0, 0.1) is 0 Å². The zero-order valence-corrected chi connectivity index (χ0v) is 12.1. The van der Waals surface area contributed by atoms with Crippen LogP contribution in [0.3, 0.4) is 0 Å². The number of rotatable bonds is 3. The number of benzene rings is 1. The highest BCUT2D eigenvalue weighted by Crippen LogP contribution is 2.34. The third-order valence-electron chi connectivity index (χ3n) is 3.65. The van der Waals surface area contributed by atoms with Gasteiger partial charge in [-0.05, 0) is 31.5 Å². The van der Waals surface area contributed by atoms with Gasteiger partial charge in [-0.25, -0.2) is 9.48 Å². The maximum absolute atomic E-state index is 12.0. The largest absolute Gasteiger partial charge is 0.478 e. The van der Waals surface area contributed by atoms with E-state index < -0.39 is 12.0 Å². The van der Waals surface area contributed by atoms with Crippen molar-refractivity contribution in [2.75, 3.05) is 5.32 Å². The lowest BCUT2D eigenvalue weighted by atomic mass is 9.93. The van der Waals surface area contributed by atoms with Crippen LogP contribution in [0.15, 0.2) is 41.9 Å². The molecular formula is C15H14N4O3. The average Bonchev–Trinajstić information content (AvgIpc) is 2.93. The third-order valence-corrected chi connectivity index (χ3v) is 3.65. The zero-order chi connectivity index (χ0) is 15.9. The number of fused-ring (bicyclic) bond motifs is 1. The Morgan fingerprint density at radius 3 is 2.55 bits per heavy atom. The van der Waals surface area contributed by atoms with E-state index in [2.05, 4.69) is 15.4 Å². The highest BCUT2D eigenvalue weighted by Gasteiger charge is 2.31. The van der Waals surface area contributed by atoms with Gasteiger partial charge in [-0.3, -0.25) is 4.79 Å². The summed E-state index contributed by atoms with van der Waals surface area (Å²) < 4.78 is 1.62. The summed E-state index contributed by atoms with van der Waals surface area (Å²) in [6.07, 6.45) is 1.41. The molecule has 0 saturated heterocycles. The molecule has 0 amide bonds. The van der Waals surface area contributed by atoms with Gasteiger partial charge in [-0.1, -0.05) is 12.1 Å². The van der Waals surface area contributed by atoms with Crippen molar-refractivity contribution in [2.24, 2.45) is 0 Å². The van der Waals surface area contributed by atoms with Crippen LogP contribution in [0.2, 0.25) is 0 Å². The van der Waals surface area contributed by atoms with Crippen molar-refractivity contribution in [1.29, 1.82) is 0 Å². The van der Waals surface area contributed by atoms with Crippen LogP contribution in [0.25, 0.3) is 0 Å². The predicted octanol–water partition coefficient (Wildman–Crippen LogP) is 1.85. The van der Waals surface area contributed by atoms with Crippen molar-refractivity contribution in [1.82, 2.24) is 14.8 Å². The summed E-state index contributed by atoms with van der Waals surface area (Å²) in [5.74, 6) is -0.509. The first kappa shape index (κ1) is 14.0. The number of ketones is 1. The Morgan fingerprint density at radius 2 is 1.95 bits per heavy atom. The summed E-state index contributed by atoms with van der Waals surface area (Å²) in [4.78, 5) is 27.1. The number of anilines is 1. The molecule has 0 aliphatic carbocycles. The van der Waals surface area contributed by atoms with Crippen molar-refractivity contribution in [3.8, 4) is 0 Å². The van der Waals surface area contributed by atoms with E-state index in [1.165, 1.54) is 25.4 Å². The van der Waals surface area contributed by atoms with E-state index in [0.29, 0.717) is 11.5 Å². The number of hydrogen-bond acceptors (Lipinski definition) is 5. The summed E-state index contributed by atoms with van der Waals surface area (Å²) >= 11 is 0. The summed E-state index contributed by atoms with van der Waals surface area (Å²) in [5, 5.41) is 16.2. The Labute approximate surface area is 126 Å². The van der Waals surface area contributed by atoms with E-state index in [1.807, 2.05) is 6.92 Å². The summed E-state index contributed by atoms with van der Waals surface area (Å²) in [7, 11) is 0. The SMILES string of the molecule is CC(=O)C1=C(C)Nc2ncnn2[C@@H]1c1ccc(C(=O)O)cc1. The van der Waals surface area contributed by atoms with E-state index in [-0.39, 0.29) is 11.3 Å². The number of nitrogens with zero attached hydrogens (tertiary/aromatic N) is 3. The smallest absolute Gasteiger partial charge is 0.335 e. The highest BCUT2D eigenvalue weighted by molar-refractivity contribution is 5.96. The third kappa shape index (κ3) is 2.16. The first-order valence-electron chi connectivity index (χ1n) is 6.70. The number of Topliss-reactive ketones (excluding diaryl/α,β-unsaturated/α-hetero) is 1.